The largest absolute Gasteiger partial charge is 0.496 e. The van der Waals surface area contributed by atoms with Crippen molar-refractivity contribution in [1.82, 2.24) is 25.5 Å². The number of anilines is 2. The molecule has 55 heavy (non-hydrogen) atoms. The number of imide groups is 1. The SMILES string of the molecule is COc1cc(N2CCN(CCCCOc3cnc(C4CCN(c5ccc(C#N)c(C(F)(F)F)c5)CC4)nc3)CC2)cc(CNC2CCC(=O)NC2=O)c1C=O. The monoisotopic (exact) mass is 762 g/mol. The molecule has 3 fully saturated rings. The van der Waals surface area contributed by atoms with Gasteiger partial charge in [-0.1, -0.05) is 0 Å². The normalized spacial score (nSPS) is 18.5. The molecule has 13 nitrogen and oxygen atoms in total. The van der Waals surface area contributed by atoms with Crippen LogP contribution in [-0.4, -0.2) is 98.5 Å². The molecule has 1 atom stereocenters. The maximum absolute atomic E-state index is 13.4. The quantitative estimate of drug-likeness (QED) is 0.136. The summed E-state index contributed by atoms with van der Waals surface area (Å²) in [4.78, 5) is 51.4. The highest BCUT2D eigenvalue weighted by molar-refractivity contribution is 6.00. The molecule has 0 bridgehead atoms. The van der Waals surface area contributed by atoms with E-state index in [9.17, 15) is 27.6 Å². The molecule has 2 aromatic carbocycles. The van der Waals surface area contributed by atoms with Crippen LogP contribution in [0.5, 0.6) is 11.5 Å². The van der Waals surface area contributed by atoms with E-state index >= 15 is 0 Å². The van der Waals surface area contributed by atoms with Crippen molar-refractivity contribution in [3.8, 4) is 17.6 Å². The summed E-state index contributed by atoms with van der Waals surface area (Å²) in [5, 5.41) is 14.6. The van der Waals surface area contributed by atoms with Crippen molar-refractivity contribution in [1.29, 1.82) is 5.26 Å². The molecule has 292 valence electrons. The van der Waals surface area contributed by atoms with Gasteiger partial charge in [0.1, 0.15) is 11.6 Å². The van der Waals surface area contributed by atoms with E-state index in [2.05, 4.69) is 30.4 Å². The second-order valence-corrected chi connectivity index (χ2v) is 14.0. The van der Waals surface area contributed by atoms with E-state index in [1.807, 2.05) is 17.0 Å². The summed E-state index contributed by atoms with van der Waals surface area (Å²) >= 11 is 0. The van der Waals surface area contributed by atoms with Gasteiger partial charge in [-0.3, -0.25) is 24.6 Å². The number of carbonyl (C=O) groups excluding carboxylic acids is 3. The van der Waals surface area contributed by atoms with Crippen molar-refractivity contribution in [2.45, 2.75) is 63.2 Å². The Balaban J connectivity index is 0.905. The first kappa shape index (κ1) is 39.4. The lowest BCUT2D eigenvalue weighted by molar-refractivity contribution is -0.138. The van der Waals surface area contributed by atoms with Crippen molar-refractivity contribution in [3.05, 3.63) is 70.8 Å². The van der Waals surface area contributed by atoms with Crippen LogP contribution in [0.3, 0.4) is 0 Å². The minimum atomic E-state index is -4.59. The number of methoxy groups -OCH3 is 1. The maximum atomic E-state index is 13.4. The molecule has 3 saturated heterocycles. The average molecular weight is 763 g/mol. The number of benzene rings is 2. The number of ether oxygens (including phenoxy) is 2. The summed E-state index contributed by atoms with van der Waals surface area (Å²) in [7, 11) is 1.53. The van der Waals surface area contributed by atoms with Gasteiger partial charge in [0.15, 0.2) is 12.0 Å². The first-order valence-corrected chi connectivity index (χ1v) is 18.6. The highest BCUT2D eigenvalue weighted by atomic mass is 19.4. The fourth-order valence-corrected chi connectivity index (χ4v) is 7.35. The molecule has 1 unspecified atom stereocenters. The molecule has 4 heterocycles. The third-order valence-electron chi connectivity index (χ3n) is 10.5. The van der Waals surface area contributed by atoms with Crippen molar-refractivity contribution < 1.29 is 37.0 Å². The fraction of sp³-hybridized carbons (Fsp3) is 0.487. The third kappa shape index (κ3) is 9.89. The summed E-state index contributed by atoms with van der Waals surface area (Å²) in [6.07, 6.45) is 3.42. The first-order chi connectivity index (χ1) is 26.6. The zero-order valence-corrected chi connectivity index (χ0v) is 30.7. The lowest BCUT2D eigenvalue weighted by Gasteiger charge is -2.36. The van der Waals surface area contributed by atoms with E-state index in [1.54, 1.807) is 24.5 Å². The van der Waals surface area contributed by atoms with Crippen molar-refractivity contribution in [2.24, 2.45) is 0 Å². The van der Waals surface area contributed by atoms with Crippen LogP contribution in [0, 0.1) is 11.3 Å². The molecule has 3 aliphatic rings. The Morgan fingerprint density at radius 1 is 0.982 bits per heavy atom. The molecule has 16 heteroatoms. The zero-order valence-electron chi connectivity index (χ0n) is 30.7. The van der Waals surface area contributed by atoms with E-state index in [0.717, 1.165) is 69.2 Å². The number of piperidine rings is 2. The summed E-state index contributed by atoms with van der Waals surface area (Å²) in [5.74, 6) is 1.22. The van der Waals surface area contributed by atoms with E-state index in [4.69, 9.17) is 14.7 Å². The molecule has 3 aliphatic heterocycles. The van der Waals surface area contributed by atoms with Crippen LogP contribution >= 0.6 is 0 Å². The number of alkyl halides is 3. The molecule has 0 spiro atoms. The number of piperazine rings is 1. The van der Waals surface area contributed by atoms with Crippen LogP contribution in [0.2, 0.25) is 0 Å². The number of unbranched alkanes of at least 4 members (excludes halogenated alkanes) is 1. The van der Waals surface area contributed by atoms with Gasteiger partial charge in [0.05, 0.1) is 54.9 Å². The topological polar surface area (TPSA) is 153 Å². The number of amides is 2. The predicted molar refractivity (Wildman–Crippen MR) is 197 cm³/mol. The van der Waals surface area contributed by atoms with Crippen molar-refractivity contribution in [2.75, 3.05) is 69.3 Å². The molecule has 3 aromatic rings. The molecule has 1 aromatic heterocycles. The van der Waals surface area contributed by atoms with Crippen LogP contribution in [0.1, 0.15) is 77.3 Å². The van der Waals surface area contributed by atoms with Crippen LogP contribution < -0.4 is 29.9 Å². The third-order valence-corrected chi connectivity index (χ3v) is 10.5. The van der Waals surface area contributed by atoms with E-state index in [1.165, 1.54) is 13.2 Å². The summed E-state index contributed by atoms with van der Waals surface area (Å²) in [6.45, 7) is 6.21. The highest BCUT2D eigenvalue weighted by Gasteiger charge is 2.35. The molecular weight excluding hydrogens is 717 g/mol. The molecule has 2 N–H and O–H groups in total. The number of nitrogens with one attached hydrogen (secondary N) is 2. The van der Waals surface area contributed by atoms with Gasteiger partial charge in [-0.15, -0.1) is 0 Å². The van der Waals surface area contributed by atoms with E-state index in [-0.39, 0.29) is 36.3 Å². The number of hydrogen-bond donors (Lipinski definition) is 2. The Labute approximate surface area is 317 Å². The Kier molecular flexibility index (Phi) is 12.8. The van der Waals surface area contributed by atoms with Crippen molar-refractivity contribution in [3.63, 3.8) is 0 Å². The van der Waals surface area contributed by atoms with Crippen LogP contribution in [0.25, 0.3) is 0 Å². The number of halogens is 3. The number of carbonyl (C=O) groups is 3. The Bertz CT molecular complexity index is 1870. The van der Waals surface area contributed by atoms with Gasteiger partial charge >= 0.3 is 6.18 Å². The van der Waals surface area contributed by atoms with Gasteiger partial charge in [0.25, 0.3) is 0 Å². The zero-order chi connectivity index (χ0) is 39.0. The van der Waals surface area contributed by atoms with Gasteiger partial charge in [-0.05, 0) is 68.5 Å². The molecule has 0 radical (unpaired) electrons. The second-order valence-electron chi connectivity index (χ2n) is 14.0. The van der Waals surface area contributed by atoms with Gasteiger partial charge in [0.2, 0.25) is 11.8 Å². The molecule has 0 saturated carbocycles. The average Bonchev–Trinajstić information content (AvgIpc) is 3.20. The number of rotatable bonds is 14. The molecular formula is C39H45F3N8O5. The molecule has 6 rings (SSSR count). The predicted octanol–water partition coefficient (Wildman–Crippen LogP) is 4.45. The van der Waals surface area contributed by atoms with Gasteiger partial charge in [-0.25, -0.2) is 9.97 Å². The van der Waals surface area contributed by atoms with Gasteiger partial charge < -0.3 is 24.6 Å². The Morgan fingerprint density at radius 2 is 1.71 bits per heavy atom. The van der Waals surface area contributed by atoms with Crippen LogP contribution in [0.15, 0.2) is 42.7 Å². The standard InChI is InChI=1S/C39H45F3N8O5/c1-54-35-20-30(18-28(32(35)25-51)22-44-34-6-7-36(52)47-38(34)53)50-15-13-48(14-16-50)10-2-3-17-55-31-23-45-37(46-24-31)26-8-11-49(12-9-26)29-5-4-27(21-43)33(19-29)39(40,41)42/h4-5,18-20,23-26,34,44H,2-3,6-17,22H2,1H3,(H,47,52,53). The number of nitrogens with zero attached hydrogens (tertiary/aromatic N) is 6. The first-order valence-electron chi connectivity index (χ1n) is 18.6. The van der Waals surface area contributed by atoms with Gasteiger partial charge in [-0.2, -0.15) is 18.4 Å². The van der Waals surface area contributed by atoms with Crippen molar-refractivity contribution >= 4 is 29.5 Å². The summed E-state index contributed by atoms with van der Waals surface area (Å²) < 4.78 is 51.8. The Hall–Kier alpha value is -5.27. The van der Waals surface area contributed by atoms with E-state index in [0.29, 0.717) is 67.5 Å². The number of hydrogen-bond acceptors (Lipinski definition) is 12. The second kappa shape index (κ2) is 17.9. The molecule has 0 aliphatic carbocycles. The minimum absolute atomic E-state index is 0.0908. The molecule has 2 amide bonds. The maximum Gasteiger partial charge on any atom is 0.417 e. The smallest absolute Gasteiger partial charge is 0.417 e. The minimum Gasteiger partial charge on any atom is -0.496 e. The summed E-state index contributed by atoms with van der Waals surface area (Å²) in [6, 6.07) is 8.82. The van der Waals surface area contributed by atoms with E-state index < -0.39 is 17.8 Å². The number of aromatic nitrogens is 2. The number of nitriles is 1. The van der Waals surface area contributed by atoms with Crippen LogP contribution in [-0.2, 0) is 22.3 Å². The van der Waals surface area contributed by atoms with Crippen LogP contribution in [0.4, 0.5) is 24.5 Å². The highest BCUT2D eigenvalue weighted by Crippen LogP contribution is 2.36. The van der Waals surface area contributed by atoms with Gasteiger partial charge in [0, 0.05) is 75.6 Å². The summed E-state index contributed by atoms with van der Waals surface area (Å²) in [5.41, 5.74) is 1.27. The lowest BCUT2D eigenvalue weighted by atomic mass is 9.95. The number of aldehydes is 1. The Morgan fingerprint density at radius 3 is 2.36 bits per heavy atom. The lowest BCUT2D eigenvalue weighted by Crippen LogP contribution is -2.50. The fourth-order valence-electron chi connectivity index (χ4n) is 7.35.